The minimum absolute atomic E-state index is 0.0615. The highest BCUT2D eigenvalue weighted by atomic mass is 32.1. The molecule has 0 radical (unpaired) electrons. The number of benzene rings is 2. The van der Waals surface area contributed by atoms with Crippen molar-refractivity contribution in [2.75, 3.05) is 11.9 Å². The highest BCUT2D eigenvalue weighted by Crippen LogP contribution is 2.22. The third-order valence-electron chi connectivity index (χ3n) is 4.21. The Morgan fingerprint density at radius 1 is 1.03 bits per heavy atom. The number of esters is 1. The van der Waals surface area contributed by atoms with E-state index in [1.54, 1.807) is 35.6 Å². The van der Waals surface area contributed by atoms with Gasteiger partial charge < -0.3 is 10.1 Å². The van der Waals surface area contributed by atoms with Gasteiger partial charge in [-0.1, -0.05) is 19.1 Å². The van der Waals surface area contributed by atoms with Gasteiger partial charge in [-0.2, -0.15) is 0 Å². The van der Waals surface area contributed by atoms with E-state index in [1.807, 2.05) is 31.2 Å². The van der Waals surface area contributed by atoms with Crippen LogP contribution in [0.4, 0.5) is 5.69 Å². The first-order chi connectivity index (χ1) is 14.0. The van der Waals surface area contributed by atoms with Gasteiger partial charge in [-0.15, -0.1) is 11.3 Å². The van der Waals surface area contributed by atoms with E-state index in [0.717, 1.165) is 21.6 Å². The summed E-state index contributed by atoms with van der Waals surface area (Å²) in [5, 5.41) is 3.63. The number of carbonyl (C=O) groups is 3. The summed E-state index contributed by atoms with van der Waals surface area (Å²) in [6, 6.07) is 14.4. The highest BCUT2D eigenvalue weighted by molar-refractivity contribution is 7.18. The van der Waals surface area contributed by atoms with Crippen molar-refractivity contribution in [1.82, 2.24) is 4.98 Å². The molecule has 0 bridgehead atoms. The Bertz CT molecular complexity index is 978. The molecule has 29 heavy (non-hydrogen) atoms. The van der Waals surface area contributed by atoms with Gasteiger partial charge in [0.25, 0.3) is 0 Å². The van der Waals surface area contributed by atoms with Crippen molar-refractivity contribution in [3.63, 3.8) is 0 Å². The number of hydrogen-bond donors (Lipinski definition) is 1. The third-order valence-corrected chi connectivity index (χ3v) is 5.31. The van der Waals surface area contributed by atoms with Crippen LogP contribution in [0.2, 0.25) is 0 Å². The molecule has 1 heterocycles. The first kappa shape index (κ1) is 20.7. The number of aromatic nitrogens is 1. The zero-order valence-electron chi connectivity index (χ0n) is 16.1. The number of hydrogen-bond acceptors (Lipinski definition) is 6. The summed E-state index contributed by atoms with van der Waals surface area (Å²) < 4.78 is 6.18. The predicted octanol–water partition coefficient (Wildman–Crippen LogP) is 4.39. The van der Waals surface area contributed by atoms with Gasteiger partial charge in [0.1, 0.15) is 0 Å². The van der Waals surface area contributed by atoms with E-state index in [2.05, 4.69) is 10.3 Å². The Morgan fingerprint density at radius 2 is 1.79 bits per heavy atom. The van der Waals surface area contributed by atoms with Crippen LogP contribution in [0.1, 0.15) is 41.6 Å². The van der Waals surface area contributed by atoms with Gasteiger partial charge in [0.2, 0.25) is 5.91 Å². The predicted molar refractivity (Wildman–Crippen MR) is 113 cm³/mol. The van der Waals surface area contributed by atoms with E-state index in [0.29, 0.717) is 24.1 Å². The molecule has 2 aromatic carbocycles. The fraction of sp³-hybridized carbons (Fsp3) is 0.273. The molecule has 3 aromatic rings. The average Bonchev–Trinajstić information content (AvgIpc) is 3.14. The lowest BCUT2D eigenvalue weighted by atomic mass is 10.1. The summed E-state index contributed by atoms with van der Waals surface area (Å²) in [5.41, 5.74) is 1.98. The molecule has 3 rings (SSSR count). The molecule has 0 aliphatic rings. The van der Waals surface area contributed by atoms with Crippen molar-refractivity contribution < 1.29 is 19.1 Å². The number of ketones is 1. The normalized spacial score (nSPS) is 10.7. The van der Waals surface area contributed by atoms with Crippen molar-refractivity contribution in [1.29, 1.82) is 0 Å². The Morgan fingerprint density at radius 3 is 2.52 bits per heavy atom. The monoisotopic (exact) mass is 410 g/mol. The second-order valence-corrected chi connectivity index (χ2v) is 7.65. The van der Waals surface area contributed by atoms with E-state index in [9.17, 15) is 14.4 Å². The molecule has 0 aliphatic heterocycles. The summed E-state index contributed by atoms with van der Waals surface area (Å²) in [6.45, 7) is 1.63. The number of carbonyl (C=O) groups excluding carboxylic acids is 3. The van der Waals surface area contributed by atoms with Crippen molar-refractivity contribution >= 4 is 44.9 Å². The minimum Gasteiger partial charge on any atom is -0.457 e. The second kappa shape index (κ2) is 9.93. The van der Waals surface area contributed by atoms with E-state index in [1.165, 1.54) is 0 Å². The SMILES string of the molecule is CCCC(=O)Nc1ccc(C(=O)COC(=O)CCc2nc3ccccc3s2)cc1. The van der Waals surface area contributed by atoms with Gasteiger partial charge >= 0.3 is 5.97 Å². The number of thiazole rings is 1. The number of Topliss-reactive ketones (excluding diaryl/α,β-unsaturated/α-hetero) is 1. The maximum atomic E-state index is 12.2. The quantitative estimate of drug-likeness (QED) is 0.418. The summed E-state index contributed by atoms with van der Waals surface area (Å²) in [4.78, 5) is 40.2. The van der Waals surface area contributed by atoms with Gasteiger partial charge in [-0.25, -0.2) is 4.98 Å². The Balaban J connectivity index is 1.44. The molecule has 0 saturated carbocycles. The number of rotatable bonds is 9. The van der Waals surface area contributed by atoms with Crippen LogP contribution in [0.5, 0.6) is 0 Å². The van der Waals surface area contributed by atoms with E-state index < -0.39 is 5.97 Å². The van der Waals surface area contributed by atoms with Crippen LogP contribution in [-0.2, 0) is 20.7 Å². The number of fused-ring (bicyclic) bond motifs is 1. The number of aryl methyl sites for hydroxylation is 1. The molecule has 0 spiro atoms. The number of para-hydroxylation sites is 1. The molecule has 0 atom stereocenters. The largest absolute Gasteiger partial charge is 0.457 e. The standard InChI is InChI=1S/C22H22N2O4S/c1-2-5-20(26)23-16-10-8-15(9-11-16)18(25)14-28-22(27)13-12-21-24-17-6-3-4-7-19(17)29-21/h3-4,6-11H,2,5,12-14H2,1H3,(H,23,26). The summed E-state index contributed by atoms with van der Waals surface area (Å²) in [6.07, 6.45) is 1.88. The van der Waals surface area contributed by atoms with Gasteiger partial charge in [-0.05, 0) is 42.8 Å². The van der Waals surface area contributed by atoms with Gasteiger partial charge in [0.05, 0.1) is 21.6 Å². The van der Waals surface area contributed by atoms with E-state index in [-0.39, 0.29) is 24.7 Å². The Labute approximate surface area is 172 Å². The molecule has 1 aromatic heterocycles. The van der Waals surface area contributed by atoms with Crippen molar-refractivity contribution in [2.45, 2.75) is 32.6 Å². The van der Waals surface area contributed by atoms with Gasteiger partial charge in [-0.3, -0.25) is 14.4 Å². The molecular formula is C22H22N2O4S. The molecule has 0 unspecified atom stereocenters. The minimum atomic E-state index is -0.430. The van der Waals surface area contributed by atoms with Crippen LogP contribution in [0.3, 0.4) is 0 Å². The van der Waals surface area contributed by atoms with Gasteiger partial charge in [0, 0.05) is 24.1 Å². The average molecular weight is 410 g/mol. The van der Waals surface area contributed by atoms with Crippen LogP contribution in [0.25, 0.3) is 10.2 Å². The van der Waals surface area contributed by atoms with Crippen LogP contribution in [0.15, 0.2) is 48.5 Å². The van der Waals surface area contributed by atoms with Crippen LogP contribution >= 0.6 is 11.3 Å². The number of anilines is 1. The molecule has 1 amide bonds. The van der Waals surface area contributed by atoms with Crippen molar-refractivity contribution in [3.8, 4) is 0 Å². The van der Waals surface area contributed by atoms with E-state index in [4.69, 9.17) is 4.74 Å². The smallest absolute Gasteiger partial charge is 0.306 e. The Hall–Kier alpha value is -3.06. The number of nitrogens with one attached hydrogen (secondary N) is 1. The maximum absolute atomic E-state index is 12.2. The van der Waals surface area contributed by atoms with Crippen LogP contribution < -0.4 is 5.32 Å². The molecule has 1 N–H and O–H groups in total. The number of amides is 1. The first-order valence-corrected chi connectivity index (χ1v) is 10.3. The molecule has 0 fully saturated rings. The summed E-state index contributed by atoms with van der Waals surface area (Å²) >= 11 is 1.55. The molecule has 6 nitrogen and oxygen atoms in total. The molecule has 0 saturated heterocycles. The maximum Gasteiger partial charge on any atom is 0.306 e. The molecule has 7 heteroatoms. The number of ether oxygens (including phenoxy) is 1. The highest BCUT2D eigenvalue weighted by Gasteiger charge is 2.12. The van der Waals surface area contributed by atoms with Crippen LogP contribution in [-0.4, -0.2) is 29.3 Å². The zero-order chi connectivity index (χ0) is 20.6. The van der Waals surface area contributed by atoms with Gasteiger partial charge in [0.15, 0.2) is 12.4 Å². The fourth-order valence-electron chi connectivity index (χ4n) is 2.73. The summed E-state index contributed by atoms with van der Waals surface area (Å²) in [5.74, 6) is -0.778. The van der Waals surface area contributed by atoms with E-state index >= 15 is 0 Å². The zero-order valence-corrected chi connectivity index (χ0v) is 17.0. The lowest BCUT2D eigenvalue weighted by Crippen LogP contribution is -2.15. The summed E-state index contributed by atoms with van der Waals surface area (Å²) in [7, 11) is 0. The lowest BCUT2D eigenvalue weighted by Gasteiger charge is -2.06. The molecule has 150 valence electrons. The fourth-order valence-corrected chi connectivity index (χ4v) is 3.69. The third kappa shape index (κ3) is 5.96. The number of nitrogens with zero attached hydrogens (tertiary/aromatic N) is 1. The molecular weight excluding hydrogens is 388 g/mol. The topological polar surface area (TPSA) is 85.4 Å². The lowest BCUT2D eigenvalue weighted by molar-refractivity contribution is -0.142. The van der Waals surface area contributed by atoms with Crippen molar-refractivity contribution in [3.05, 3.63) is 59.1 Å². The Kier molecular flexibility index (Phi) is 7.08. The second-order valence-electron chi connectivity index (χ2n) is 6.53. The first-order valence-electron chi connectivity index (χ1n) is 9.48. The van der Waals surface area contributed by atoms with Crippen molar-refractivity contribution in [2.24, 2.45) is 0 Å². The molecule has 0 aliphatic carbocycles. The van der Waals surface area contributed by atoms with Crippen LogP contribution in [0, 0.1) is 0 Å².